The van der Waals surface area contributed by atoms with Crippen molar-refractivity contribution in [3.05, 3.63) is 84.4 Å². The molecule has 2 nitrogen and oxygen atoms in total. The second kappa shape index (κ2) is 6.46. The van der Waals surface area contributed by atoms with Crippen molar-refractivity contribution in [2.75, 3.05) is 0 Å². The maximum absolute atomic E-state index is 13.7. The lowest BCUT2D eigenvalue weighted by atomic mass is 9.97. The van der Waals surface area contributed by atoms with Crippen molar-refractivity contribution in [3.63, 3.8) is 0 Å². The van der Waals surface area contributed by atoms with Gasteiger partial charge in [0.05, 0.1) is 17.0 Å². The van der Waals surface area contributed by atoms with E-state index in [2.05, 4.69) is 9.97 Å². The highest BCUT2D eigenvalue weighted by molar-refractivity contribution is 5.94. The Hall–Kier alpha value is -3.28. The first-order chi connectivity index (χ1) is 12.9. The number of pyridine rings is 1. The smallest absolute Gasteiger partial charge is 0.247 e. The number of hydrogen-bond acceptors (Lipinski definition) is 2. The zero-order chi connectivity index (χ0) is 19.0. The Bertz CT molecular complexity index is 1090. The van der Waals surface area contributed by atoms with E-state index in [0.29, 0.717) is 28.1 Å². The van der Waals surface area contributed by atoms with Crippen LogP contribution in [-0.4, -0.2) is 9.97 Å². The molecule has 0 N–H and O–H groups in total. The summed E-state index contributed by atoms with van der Waals surface area (Å²) < 4.78 is 53.1. The number of aromatic nitrogens is 2. The van der Waals surface area contributed by atoms with Crippen molar-refractivity contribution in [1.29, 1.82) is 0 Å². The van der Waals surface area contributed by atoms with E-state index in [1.54, 1.807) is 30.3 Å². The quantitative estimate of drug-likeness (QED) is 0.317. The van der Waals surface area contributed by atoms with Crippen molar-refractivity contribution in [2.24, 2.45) is 0 Å². The van der Waals surface area contributed by atoms with Crippen LogP contribution in [0.4, 0.5) is 17.6 Å². The molecular formula is C21H12F4N2. The third kappa shape index (κ3) is 3.26. The molecule has 4 rings (SSSR count). The zero-order valence-electron chi connectivity index (χ0n) is 13.8. The molecule has 0 amide bonds. The monoisotopic (exact) mass is 368 g/mol. The van der Waals surface area contributed by atoms with Gasteiger partial charge in [-0.2, -0.15) is 17.6 Å². The van der Waals surface area contributed by atoms with Crippen LogP contribution in [0.25, 0.3) is 33.6 Å². The number of alkyl halides is 3. The molecule has 1 aliphatic heterocycles. The number of fused-ring (bicyclic) bond motifs is 1. The van der Waals surface area contributed by atoms with E-state index in [9.17, 15) is 17.6 Å². The predicted octanol–water partition coefficient (Wildman–Crippen LogP) is 6.07. The van der Waals surface area contributed by atoms with Crippen LogP contribution in [0.15, 0.2) is 72.9 Å². The maximum Gasteiger partial charge on any atom is 0.416 e. The molecule has 2 aromatic rings. The third-order valence-electron chi connectivity index (χ3n) is 4.23. The lowest BCUT2D eigenvalue weighted by Crippen LogP contribution is -2.04. The van der Waals surface area contributed by atoms with Crippen LogP contribution in [-0.2, 0) is 6.18 Å². The van der Waals surface area contributed by atoms with Gasteiger partial charge in [0.1, 0.15) is 0 Å². The van der Waals surface area contributed by atoms with E-state index in [4.69, 9.17) is 0 Å². The Morgan fingerprint density at radius 3 is 2.37 bits per heavy atom. The molecule has 2 aliphatic rings. The topological polar surface area (TPSA) is 25.8 Å². The van der Waals surface area contributed by atoms with Crippen molar-refractivity contribution in [3.8, 4) is 33.6 Å². The first-order valence-corrected chi connectivity index (χ1v) is 8.12. The van der Waals surface area contributed by atoms with Gasteiger partial charge in [0.15, 0.2) is 0 Å². The molecule has 1 aromatic heterocycles. The Labute approximate surface area is 152 Å². The number of benzene rings is 1. The SMILES string of the molecule is Fc1cc(-c2c3cccccc-3nc2-c2cccc(C(F)(F)F)c2)ccn1. The summed E-state index contributed by atoms with van der Waals surface area (Å²) in [4.78, 5) is 8.10. The number of hydrogen-bond donors (Lipinski definition) is 0. The van der Waals surface area contributed by atoms with Crippen LogP contribution in [0.3, 0.4) is 0 Å². The van der Waals surface area contributed by atoms with Crippen LogP contribution in [0.2, 0.25) is 0 Å². The van der Waals surface area contributed by atoms with Gasteiger partial charge in [-0.25, -0.2) is 9.97 Å². The Balaban J connectivity index is 2.01. The summed E-state index contributed by atoms with van der Waals surface area (Å²) in [7, 11) is 0. The van der Waals surface area contributed by atoms with E-state index in [1.165, 1.54) is 18.3 Å². The summed E-state index contributed by atoms with van der Waals surface area (Å²) in [6.45, 7) is 0. The van der Waals surface area contributed by atoms with Crippen LogP contribution >= 0.6 is 0 Å². The van der Waals surface area contributed by atoms with Crippen molar-refractivity contribution < 1.29 is 17.6 Å². The molecule has 0 fully saturated rings. The zero-order valence-corrected chi connectivity index (χ0v) is 13.8. The first kappa shape index (κ1) is 17.1. The predicted molar refractivity (Wildman–Crippen MR) is 94.5 cm³/mol. The fraction of sp³-hybridized carbons (Fsp3) is 0.0476. The molecule has 0 radical (unpaired) electrons. The van der Waals surface area contributed by atoms with Gasteiger partial charge < -0.3 is 0 Å². The molecule has 2 heterocycles. The molecular weight excluding hydrogens is 356 g/mol. The first-order valence-electron chi connectivity index (χ1n) is 8.12. The average molecular weight is 368 g/mol. The van der Waals surface area contributed by atoms with Crippen molar-refractivity contribution in [2.45, 2.75) is 6.18 Å². The maximum atomic E-state index is 13.7. The van der Waals surface area contributed by atoms with Crippen LogP contribution in [0, 0.1) is 5.95 Å². The summed E-state index contributed by atoms with van der Waals surface area (Å²) >= 11 is 0. The largest absolute Gasteiger partial charge is 0.416 e. The molecule has 1 aliphatic carbocycles. The van der Waals surface area contributed by atoms with E-state index in [-0.39, 0.29) is 0 Å². The van der Waals surface area contributed by atoms with E-state index in [1.807, 2.05) is 12.1 Å². The van der Waals surface area contributed by atoms with Crippen molar-refractivity contribution in [1.82, 2.24) is 9.97 Å². The second-order valence-corrected chi connectivity index (χ2v) is 5.99. The summed E-state index contributed by atoms with van der Waals surface area (Å²) in [6, 6.07) is 16.8. The highest BCUT2D eigenvalue weighted by Gasteiger charge is 2.31. The average Bonchev–Trinajstić information content (AvgIpc) is 2.84. The van der Waals surface area contributed by atoms with Crippen LogP contribution in [0.1, 0.15) is 5.56 Å². The van der Waals surface area contributed by atoms with Gasteiger partial charge in [-0.1, -0.05) is 36.4 Å². The molecule has 0 unspecified atom stereocenters. The molecule has 0 saturated carbocycles. The number of halogens is 4. The van der Waals surface area contributed by atoms with Gasteiger partial charge in [-0.15, -0.1) is 0 Å². The third-order valence-corrected chi connectivity index (χ3v) is 4.23. The van der Waals surface area contributed by atoms with Gasteiger partial charge in [0.2, 0.25) is 5.95 Å². The van der Waals surface area contributed by atoms with Crippen LogP contribution in [0.5, 0.6) is 0 Å². The Morgan fingerprint density at radius 2 is 1.59 bits per heavy atom. The van der Waals surface area contributed by atoms with E-state index < -0.39 is 17.7 Å². The molecule has 134 valence electrons. The fourth-order valence-corrected chi connectivity index (χ4v) is 3.05. The molecule has 6 heteroatoms. The van der Waals surface area contributed by atoms with E-state index >= 15 is 0 Å². The molecule has 0 spiro atoms. The van der Waals surface area contributed by atoms with Crippen LogP contribution < -0.4 is 0 Å². The number of nitrogens with zero attached hydrogens (tertiary/aromatic N) is 2. The molecule has 1 aromatic carbocycles. The Kier molecular flexibility index (Phi) is 4.11. The van der Waals surface area contributed by atoms with Gasteiger partial charge in [0, 0.05) is 29.0 Å². The molecule has 0 saturated heterocycles. The van der Waals surface area contributed by atoms with Gasteiger partial charge >= 0.3 is 6.18 Å². The van der Waals surface area contributed by atoms with Gasteiger partial charge in [-0.3, -0.25) is 0 Å². The van der Waals surface area contributed by atoms with Gasteiger partial charge in [-0.05, 0) is 29.8 Å². The Morgan fingerprint density at radius 1 is 0.778 bits per heavy atom. The molecule has 0 atom stereocenters. The molecule has 27 heavy (non-hydrogen) atoms. The second-order valence-electron chi connectivity index (χ2n) is 5.99. The van der Waals surface area contributed by atoms with E-state index in [0.717, 1.165) is 17.7 Å². The summed E-state index contributed by atoms with van der Waals surface area (Å²) in [5, 5.41) is 0. The normalized spacial score (nSPS) is 11.7. The fourth-order valence-electron chi connectivity index (χ4n) is 3.05. The summed E-state index contributed by atoms with van der Waals surface area (Å²) in [6.07, 6.45) is -3.14. The minimum atomic E-state index is -4.46. The minimum absolute atomic E-state index is 0.316. The van der Waals surface area contributed by atoms with Gasteiger partial charge in [0.25, 0.3) is 0 Å². The number of rotatable bonds is 2. The minimum Gasteiger partial charge on any atom is -0.247 e. The highest BCUT2D eigenvalue weighted by Crippen LogP contribution is 2.42. The standard InChI is InChI=1S/C21H12F4N2/c22-18-12-13(9-10-26-18)19-16-7-2-1-3-8-17(16)27-20(19)14-5-4-6-15(11-14)21(23,24)25/h1-12H. The van der Waals surface area contributed by atoms with Crippen molar-refractivity contribution >= 4 is 0 Å². The lowest BCUT2D eigenvalue weighted by molar-refractivity contribution is -0.137. The molecule has 0 bridgehead atoms. The highest BCUT2D eigenvalue weighted by atomic mass is 19.4. The summed E-state index contributed by atoms with van der Waals surface area (Å²) in [5.74, 6) is -0.669. The summed E-state index contributed by atoms with van der Waals surface area (Å²) in [5.41, 5.74) is 2.33. The lowest BCUT2D eigenvalue weighted by Gasteiger charge is -2.09.